The van der Waals surface area contributed by atoms with Crippen molar-refractivity contribution >= 4 is 12.1 Å². The minimum Gasteiger partial charge on any atom is -0.467 e. The average molecular weight is 480 g/mol. The molecule has 0 unspecified atom stereocenters. The number of nitrogens with one attached hydrogen (secondary N) is 1. The number of methoxy groups -OCH3 is 1. The topological polar surface area (TPSA) is 94.1 Å². The summed E-state index contributed by atoms with van der Waals surface area (Å²) < 4.78 is 16.5. The monoisotopic (exact) mass is 479 g/mol. The SMILES string of the molecule is COC(=O)[C@H](CCC[C@H](OCc1ccccc1)[C@@H](CCC(C)C)[C@H](C)O)NC(=O)OC(C)(C)C. The maximum absolute atomic E-state index is 12.3. The molecule has 1 aromatic carbocycles. The summed E-state index contributed by atoms with van der Waals surface area (Å²) in [5, 5.41) is 13.1. The Balaban J connectivity index is 2.85. The van der Waals surface area contributed by atoms with Gasteiger partial charge >= 0.3 is 12.1 Å². The molecular formula is C27H45NO6. The number of carbonyl (C=O) groups excluding carboxylic acids is 2. The third-order valence-electron chi connectivity index (χ3n) is 5.64. The van der Waals surface area contributed by atoms with Gasteiger partial charge in [0, 0.05) is 5.92 Å². The molecule has 0 aliphatic heterocycles. The molecule has 0 radical (unpaired) electrons. The van der Waals surface area contributed by atoms with E-state index in [1.165, 1.54) is 7.11 Å². The molecular weight excluding hydrogens is 434 g/mol. The summed E-state index contributed by atoms with van der Waals surface area (Å²) in [4.78, 5) is 24.4. The maximum Gasteiger partial charge on any atom is 0.408 e. The van der Waals surface area contributed by atoms with E-state index >= 15 is 0 Å². The Morgan fingerprint density at radius 2 is 1.65 bits per heavy atom. The first-order valence-electron chi connectivity index (χ1n) is 12.3. The molecule has 0 aliphatic carbocycles. The van der Waals surface area contributed by atoms with Crippen LogP contribution in [0.15, 0.2) is 30.3 Å². The third-order valence-corrected chi connectivity index (χ3v) is 5.64. The second kappa shape index (κ2) is 15.0. The molecule has 2 N–H and O–H groups in total. The van der Waals surface area contributed by atoms with Gasteiger partial charge in [-0.1, -0.05) is 50.6 Å². The van der Waals surface area contributed by atoms with Crippen molar-refractivity contribution in [2.24, 2.45) is 11.8 Å². The van der Waals surface area contributed by atoms with E-state index in [2.05, 4.69) is 19.2 Å². The van der Waals surface area contributed by atoms with Crippen LogP contribution in [0.25, 0.3) is 0 Å². The van der Waals surface area contributed by atoms with Crippen molar-refractivity contribution in [1.82, 2.24) is 5.32 Å². The highest BCUT2D eigenvalue weighted by Crippen LogP contribution is 2.26. The van der Waals surface area contributed by atoms with E-state index in [1.807, 2.05) is 37.3 Å². The number of hydrogen-bond donors (Lipinski definition) is 2. The van der Waals surface area contributed by atoms with Crippen LogP contribution in [-0.4, -0.2) is 48.1 Å². The lowest BCUT2D eigenvalue weighted by molar-refractivity contribution is -0.143. The number of benzene rings is 1. The molecule has 0 aromatic heterocycles. The number of esters is 1. The molecule has 0 bridgehead atoms. The first-order valence-corrected chi connectivity index (χ1v) is 12.3. The Hall–Kier alpha value is -2.12. The zero-order valence-corrected chi connectivity index (χ0v) is 22.0. The highest BCUT2D eigenvalue weighted by molar-refractivity contribution is 5.81. The molecule has 1 rings (SSSR count). The number of amides is 1. The van der Waals surface area contributed by atoms with Crippen LogP contribution in [0.5, 0.6) is 0 Å². The molecule has 34 heavy (non-hydrogen) atoms. The number of aliphatic hydroxyl groups excluding tert-OH is 1. The Bertz CT molecular complexity index is 714. The van der Waals surface area contributed by atoms with Crippen molar-refractivity contribution in [3.63, 3.8) is 0 Å². The van der Waals surface area contributed by atoms with E-state index in [0.29, 0.717) is 31.8 Å². The molecule has 0 saturated carbocycles. The normalized spacial score (nSPS) is 15.3. The fourth-order valence-electron chi connectivity index (χ4n) is 3.83. The van der Waals surface area contributed by atoms with Gasteiger partial charge in [0.25, 0.3) is 0 Å². The molecule has 1 amide bonds. The van der Waals surface area contributed by atoms with Gasteiger partial charge in [0.1, 0.15) is 11.6 Å². The largest absolute Gasteiger partial charge is 0.467 e. The van der Waals surface area contributed by atoms with Gasteiger partial charge in [-0.25, -0.2) is 9.59 Å². The predicted octanol–water partition coefficient (Wildman–Crippen LogP) is 5.24. The Kier molecular flexibility index (Phi) is 13.2. The number of hydrogen-bond acceptors (Lipinski definition) is 6. The standard InChI is InChI=1S/C27H45NO6/c1-19(2)16-17-22(20(3)29)24(33-18-21-12-9-8-10-13-21)15-11-14-23(25(30)32-7)28-26(31)34-27(4,5)6/h8-10,12-13,19-20,22-24,29H,11,14-18H2,1-7H3,(H,28,31)/t20-,22-,23-,24-/m0/s1. The van der Waals surface area contributed by atoms with Crippen molar-refractivity contribution in [2.75, 3.05) is 7.11 Å². The highest BCUT2D eigenvalue weighted by atomic mass is 16.6. The van der Waals surface area contributed by atoms with Crippen molar-refractivity contribution in [3.05, 3.63) is 35.9 Å². The number of carbonyl (C=O) groups is 2. The molecule has 0 heterocycles. The number of alkyl carbamates (subject to hydrolysis) is 1. The number of ether oxygens (including phenoxy) is 3. The lowest BCUT2D eigenvalue weighted by Crippen LogP contribution is -2.44. The minimum absolute atomic E-state index is 0.0264. The van der Waals surface area contributed by atoms with E-state index in [1.54, 1.807) is 20.8 Å². The molecule has 1 aromatic rings. The van der Waals surface area contributed by atoms with Crippen LogP contribution in [-0.2, 0) is 25.6 Å². The quantitative estimate of drug-likeness (QED) is 0.354. The Morgan fingerprint density at radius 3 is 2.18 bits per heavy atom. The van der Waals surface area contributed by atoms with E-state index < -0.39 is 29.8 Å². The van der Waals surface area contributed by atoms with E-state index in [4.69, 9.17) is 14.2 Å². The molecule has 7 heteroatoms. The predicted molar refractivity (Wildman–Crippen MR) is 133 cm³/mol. The molecule has 0 aliphatic rings. The van der Waals surface area contributed by atoms with E-state index in [-0.39, 0.29) is 12.0 Å². The van der Waals surface area contributed by atoms with Crippen molar-refractivity contribution in [3.8, 4) is 0 Å². The summed E-state index contributed by atoms with van der Waals surface area (Å²) in [6.07, 6.45) is 2.13. The van der Waals surface area contributed by atoms with Crippen LogP contribution in [0, 0.1) is 11.8 Å². The lowest BCUT2D eigenvalue weighted by Gasteiger charge is -2.31. The van der Waals surface area contributed by atoms with Gasteiger partial charge in [-0.3, -0.25) is 0 Å². The van der Waals surface area contributed by atoms with Crippen LogP contribution >= 0.6 is 0 Å². The highest BCUT2D eigenvalue weighted by Gasteiger charge is 2.29. The lowest BCUT2D eigenvalue weighted by atomic mass is 9.86. The minimum atomic E-state index is -0.810. The summed E-state index contributed by atoms with van der Waals surface area (Å²) in [6, 6.07) is 9.13. The summed E-state index contributed by atoms with van der Waals surface area (Å²) >= 11 is 0. The Labute approximate surface area is 205 Å². The smallest absolute Gasteiger partial charge is 0.408 e. The van der Waals surface area contributed by atoms with Gasteiger partial charge in [-0.05, 0) is 64.9 Å². The van der Waals surface area contributed by atoms with E-state index in [0.717, 1.165) is 18.4 Å². The number of aliphatic hydroxyl groups is 1. The summed E-state index contributed by atoms with van der Waals surface area (Å²) in [6.45, 7) is 11.9. The molecule has 7 nitrogen and oxygen atoms in total. The fourth-order valence-corrected chi connectivity index (χ4v) is 3.83. The van der Waals surface area contributed by atoms with Gasteiger partial charge in [0.2, 0.25) is 0 Å². The maximum atomic E-state index is 12.3. The van der Waals surface area contributed by atoms with Crippen LogP contribution in [0.4, 0.5) is 4.79 Å². The summed E-state index contributed by atoms with van der Waals surface area (Å²) in [5.74, 6) is -0.0150. The van der Waals surface area contributed by atoms with Gasteiger partial charge in [0.15, 0.2) is 0 Å². The fraction of sp³-hybridized carbons (Fsp3) is 0.704. The summed E-state index contributed by atoms with van der Waals surface area (Å²) in [7, 11) is 1.30. The first-order chi connectivity index (χ1) is 15.9. The average Bonchev–Trinajstić information content (AvgIpc) is 2.74. The van der Waals surface area contributed by atoms with Crippen molar-refractivity contribution in [1.29, 1.82) is 0 Å². The van der Waals surface area contributed by atoms with E-state index in [9.17, 15) is 14.7 Å². The zero-order valence-electron chi connectivity index (χ0n) is 22.0. The third kappa shape index (κ3) is 12.4. The Morgan fingerprint density at radius 1 is 1.00 bits per heavy atom. The van der Waals surface area contributed by atoms with Gasteiger partial charge in [0.05, 0.1) is 25.9 Å². The van der Waals surface area contributed by atoms with Crippen LogP contribution in [0.2, 0.25) is 0 Å². The molecule has 0 fully saturated rings. The van der Waals surface area contributed by atoms with Crippen LogP contribution < -0.4 is 5.32 Å². The molecule has 0 saturated heterocycles. The first kappa shape index (κ1) is 29.9. The van der Waals surface area contributed by atoms with Crippen molar-refractivity contribution in [2.45, 2.75) is 104 Å². The molecule has 4 atom stereocenters. The molecule has 194 valence electrons. The summed E-state index contributed by atoms with van der Waals surface area (Å²) in [5.41, 5.74) is 0.405. The van der Waals surface area contributed by atoms with Crippen molar-refractivity contribution < 1.29 is 28.9 Å². The van der Waals surface area contributed by atoms with Crippen LogP contribution in [0.3, 0.4) is 0 Å². The van der Waals surface area contributed by atoms with Crippen LogP contribution in [0.1, 0.15) is 79.2 Å². The number of rotatable bonds is 14. The van der Waals surface area contributed by atoms with Gasteiger partial charge in [-0.2, -0.15) is 0 Å². The molecule has 0 spiro atoms. The van der Waals surface area contributed by atoms with Gasteiger partial charge < -0.3 is 24.6 Å². The second-order valence-electron chi connectivity index (χ2n) is 10.4. The zero-order chi connectivity index (χ0) is 25.7. The van der Waals surface area contributed by atoms with Gasteiger partial charge in [-0.15, -0.1) is 0 Å². The second-order valence-corrected chi connectivity index (χ2v) is 10.4.